The minimum Gasteiger partial charge on any atom is -0.373 e. The van der Waals surface area contributed by atoms with Crippen LogP contribution >= 0.6 is 0 Å². The van der Waals surface area contributed by atoms with E-state index < -0.39 is 4.92 Å². The van der Waals surface area contributed by atoms with Crippen LogP contribution in [0.25, 0.3) is 0 Å². The summed E-state index contributed by atoms with van der Waals surface area (Å²) in [6.45, 7) is 9.54. The van der Waals surface area contributed by atoms with Crippen molar-refractivity contribution in [2.24, 2.45) is 0 Å². The summed E-state index contributed by atoms with van der Waals surface area (Å²) in [5.74, 6) is 0.762. The van der Waals surface area contributed by atoms with Gasteiger partial charge < -0.3 is 9.64 Å². The Morgan fingerprint density at radius 3 is 2.64 bits per heavy atom. The predicted molar refractivity (Wildman–Crippen MR) is 85.3 cm³/mol. The van der Waals surface area contributed by atoms with Crippen molar-refractivity contribution in [1.82, 2.24) is 9.88 Å². The number of hydrogen-bond acceptors (Lipinski definition) is 6. The van der Waals surface area contributed by atoms with Crippen LogP contribution in [0.15, 0.2) is 12.3 Å². The van der Waals surface area contributed by atoms with Crippen LogP contribution in [-0.2, 0) is 4.74 Å². The van der Waals surface area contributed by atoms with E-state index in [2.05, 4.69) is 23.7 Å². The van der Waals surface area contributed by atoms with Crippen molar-refractivity contribution in [3.63, 3.8) is 0 Å². The van der Waals surface area contributed by atoms with Crippen molar-refractivity contribution in [3.8, 4) is 0 Å². The quantitative estimate of drug-likeness (QED) is 0.610. The molecule has 22 heavy (non-hydrogen) atoms. The van der Waals surface area contributed by atoms with Crippen LogP contribution in [0.4, 0.5) is 11.5 Å². The zero-order chi connectivity index (χ0) is 16.3. The summed E-state index contributed by atoms with van der Waals surface area (Å²) in [5, 5.41) is 10.8. The zero-order valence-corrected chi connectivity index (χ0v) is 13.7. The number of rotatable bonds is 5. The molecule has 122 valence electrons. The van der Waals surface area contributed by atoms with Gasteiger partial charge in [0.2, 0.25) is 0 Å². The van der Waals surface area contributed by atoms with Crippen molar-refractivity contribution >= 4 is 11.5 Å². The van der Waals surface area contributed by atoms with E-state index in [4.69, 9.17) is 4.74 Å². The van der Waals surface area contributed by atoms with E-state index in [0.717, 1.165) is 32.0 Å². The summed E-state index contributed by atoms with van der Waals surface area (Å²) < 4.78 is 5.73. The second-order valence-corrected chi connectivity index (χ2v) is 6.02. The Bertz CT molecular complexity index is 528. The van der Waals surface area contributed by atoms with Crippen LogP contribution in [0.2, 0.25) is 0 Å². The standard InChI is InChI=1S/C15H24N4O3/c1-11-7-15(16-8-14(11)19(20)21)17(4)5-6-18-9-12(2)22-13(3)10-18/h7-8,12-13H,5-6,9-10H2,1-4H3/t12-,13+. The lowest BCUT2D eigenvalue weighted by atomic mass is 10.2. The van der Waals surface area contributed by atoms with E-state index in [1.807, 2.05) is 11.9 Å². The molecule has 0 spiro atoms. The first kappa shape index (κ1) is 16.6. The molecule has 0 bridgehead atoms. The second-order valence-electron chi connectivity index (χ2n) is 6.02. The topological polar surface area (TPSA) is 71.7 Å². The van der Waals surface area contributed by atoms with Crippen LogP contribution in [-0.4, -0.2) is 60.2 Å². The van der Waals surface area contributed by atoms with Crippen molar-refractivity contribution in [2.45, 2.75) is 33.0 Å². The summed E-state index contributed by atoms with van der Waals surface area (Å²) in [7, 11) is 1.96. The summed E-state index contributed by atoms with van der Waals surface area (Å²) in [6, 6.07) is 1.77. The number of anilines is 1. The van der Waals surface area contributed by atoms with Gasteiger partial charge in [-0.1, -0.05) is 0 Å². The van der Waals surface area contributed by atoms with E-state index in [0.29, 0.717) is 5.56 Å². The van der Waals surface area contributed by atoms with Gasteiger partial charge in [0, 0.05) is 38.8 Å². The third kappa shape index (κ3) is 4.14. The third-order valence-electron chi connectivity index (χ3n) is 3.90. The minimum atomic E-state index is -0.400. The smallest absolute Gasteiger partial charge is 0.290 e. The molecule has 0 aromatic carbocycles. The minimum absolute atomic E-state index is 0.0629. The Labute approximate surface area is 131 Å². The van der Waals surface area contributed by atoms with Crippen LogP contribution < -0.4 is 4.90 Å². The zero-order valence-electron chi connectivity index (χ0n) is 13.7. The first-order valence-corrected chi connectivity index (χ1v) is 7.56. The number of hydrogen-bond donors (Lipinski definition) is 0. The maximum absolute atomic E-state index is 10.8. The maximum Gasteiger partial charge on any atom is 0.290 e. The number of aryl methyl sites for hydroxylation is 1. The normalized spacial score (nSPS) is 22.5. The number of aromatic nitrogens is 1. The summed E-state index contributed by atoms with van der Waals surface area (Å²) in [5.41, 5.74) is 0.698. The van der Waals surface area contributed by atoms with Gasteiger partial charge in [-0.3, -0.25) is 15.0 Å². The largest absolute Gasteiger partial charge is 0.373 e. The molecule has 1 saturated heterocycles. The number of morpholine rings is 1. The number of pyridine rings is 1. The van der Waals surface area contributed by atoms with E-state index in [1.165, 1.54) is 6.20 Å². The number of nitro groups is 1. The van der Waals surface area contributed by atoms with Crippen LogP contribution in [0.1, 0.15) is 19.4 Å². The highest BCUT2D eigenvalue weighted by molar-refractivity contribution is 5.48. The Morgan fingerprint density at radius 2 is 2.09 bits per heavy atom. The van der Waals surface area contributed by atoms with E-state index in [-0.39, 0.29) is 17.9 Å². The van der Waals surface area contributed by atoms with Gasteiger partial charge in [-0.2, -0.15) is 0 Å². The Balaban J connectivity index is 1.93. The van der Waals surface area contributed by atoms with Gasteiger partial charge in [0.25, 0.3) is 5.69 Å². The molecule has 2 heterocycles. The second kappa shape index (κ2) is 7.02. The molecule has 1 aliphatic rings. The highest BCUT2D eigenvalue weighted by Gasteiger charge is 2.22. The molecule has 7 heteroatoms. The SMILES string of the molecule is Cc1cc(N(C)CCN2C[C@@H](C)O[C@@H](C)C2)ncc1[N+](=O)[O-]. The highest BCUT2D eigenvalue weighted by Crippen LogP contribution is 2.20. The van der Waals surface area contributed by atoms with E-state index in [9.17, 15) is 10.1 Å². The van der Waals surface area contributed by atoms with Gasteiger partial charge >= 0.3 is 0 Å². The molecule has 0 amide bonds. The van der Waals surface area contributed by atoms with Crippen molar-refractivity contribution < 1.29 is 9.66 Å². The fourth-order valence-corrected chi connectivity index (χ4v) is 2.81. The van der Waals surface area contributed by atoms with Gasteiger partial charge in [-0.25, -0.2) is 4.98 Å². The van der Waals surface area contributed by atoms with Gasteiger partial charge in [0.1, 0.15) is 12.0 Å². The lowest BCUT2D eigenvalue weighted by molar-refractivity contribution is -0.385. The van der Waals surface area contributed by atoms with Gasteiger partial charge in [-0.05, 0) is 26.8 Å². The first-order chi connectivity index (χ1) is 10.4. The van der Waals surface area contributed by atoms with E-state index >= 15 is 0 Å². The molecule has 0 aliphatic carbocycles. The summed E-state index contributed by atoms with van der Waals surface area (Å²) >= 11 is 0. The van der Waals surface area contributed by atoms with Crippen molar-refractivity contribution in [2.75, 3.05) is 38.1 Å². The molecular weight excluding hydrogens is 284 g/mol. The average Bonchev–Trinajstić information content (AvgIpc) is 2.43. The molecular formula is C15H24N4O3. The lowest BCUT2D eigenvalue weighted by Crippen LogP contribution is -2.47. The molecule has 0 unspecified atom stereocenters. The molecule has 1 fully saturated rings. The molecule has 1 aromatic heterocycles. The summed E-state index contributed by atoms with van der Waals surface area (Å²) in [6.07, 6.45) is 1.85. The fraction of sp³-hybridized carbons (Fsp3) is 0.667. The van der Waals surface area contributed by atoms with Gasteiger partial charge in [-0.15, -0.1) is 0 Å². The highest BCUT2D eigenvalue weighted by atomic mass is 16.6. The first-order valence-electron chi connectivity index (χ1n) is 7.56. The molecule has 2 rings (SSSR count). The molecule has 0 radical (unpaired) electrons. The molecule has 0 saturated carbocycles. The van der Waals surface area contributed by atoms with Gasteiger partial charge in [0.05, 0.1) is 17.1 Å². The molecule has 1 aliphatic heterocycles. The summed E-state index contributed by atoms with van der Waals surface area (Å²) in [4.78, 5) is 19.0. The Morgan fingerprint density at radius 1 is 1.45 bits per heavy atom. The lowest BCUT2D eigenvalue weighted by Gasteiger charge is -2.36. The van der Waals surface area contributed by atoms with Crippen LogP contribution in [0.5, 0.6) is 0 Å². The molecule has 2 atom stereocenters. The molecule has 7 nitrogen and oxygen atoms in total. The monoisotopic (exact) mass is 308 g/mol. The maximum atomic E-state index is 10.8. The molecule has 1 aromatic rings. The third-order valence-corrected chi connectivity index (χ3v) is 3.90. The van der Waals surface area contributed by atoms with Crippen molar-refractivity contribution in [3.05, 3.63) is 27.9 Å². The predicted octanol–water partition coefficient (Wildman–Crippen LogP) is 1.84. The Kier molecular flexibility index (Phi) is 5.31. The Hall–Kier alpha value is -1.73. The van der Waals surface area contributed by atoms with Crippen molar-refractivity contribution in [1.29, 1.82) is 0 Å². The van der Waals surface area contributed by atoms with Crippen LogP contribution in [0, 0.1) is 17.0 Å². The number of nitrogens with zero attached hydrogens (tertiary/aromatic N) is 4. The molecule has 0 N–H and O–H groups in total. The van der Waals surface area contributed by atoms with Crippen LogP contribution in [0.3, 0.4) is 0 Å². The average molecular weight is 308 g/mol. The van der Waals surface area contributed by atoms with E-state index in [1.54, 1.807) is 13.0 Å². The fourth-order valence-electron chi connectivity index (χ4n) is 2.81. The number of likely N-dealkylation sites (N-methyl/N-ethyl adjacent to an activating group) is 1. The van der Waals surface area contributed by atoms with Gasteiger partial charge in [0.15, 0.2) is 0 Å². The number of ether oxygens (including phenoxy) is 1.